The van der Waals surface area contributed by atoms with E-state index in [1.54, 1.807) is 13.0 Å². The van der Waals surface area contributed by atoms with Gasteiger partial charge in [0.25, 0.3) is 0 Å². The van der Waals surface area contributed by atoms with Crippen molar-refractivity contribution in [3.63, 3.8) is 0 Å². The molecule has 5 heteroatoms. The second kappa shape index (κ2) is 5.96. The van der Waals surface area contributed by atoms with Crippen LogP contribution in [0.5, 0.6) is 5.75 Å². The largest absolute Gasteiger partial charge is 0.505 e. The summed E-state index contributed by atoms with van der Waals surface area (Å²) in [6.07, 6.45) is 0. The standard InChI is InChI=1S/C15H14F3NO/c1-9(10-5-6-12(16)14(18)7-10)19-8-11-3-2-4-13(17)15(11)20/h2-7,9,19-20H,8H2,1H3. The normalized spacial score (nSPS) is 12.4. The summed E-state index contributed by atoms with van der Waals surface area (Å²) >= 11 is 0. The van der Waals surface area contributed by atoms with Crippen LogP contribution in [0, 0.1) is 17.5 Å². The maximum atomic E-state index is 13.2. The van der Waals surface area contributed by atoms with Gasteiger partial charge in [-0.3, -0.25) is 0 Å². The molecule has 1 atom stereocenters. The van der Waals surface area contributed by atoms with Gasteiger partial charge in [0.15, 0.2) is 23.2 Å². The van der Waals surface area contributed by atoms with Crippen LogP contribution in [0.25, 0.3) is 0 Å². The molecule has 2 nitrogen and oxygen atoms in total. The Kier molecular flexibility index (Phi) is 4.29. The van der Waals surface area contributed by atoms with Crippen LogP contribution in [-0.2, 0) is 6.54 Å². The summed E-state index contributed by atoms with van der Waals surface area (Å²) in [5, 5.41) is 12.6. The molecule has 0 bridgehead atoms. The lowest BCUT2D eigenvalue weighted by Gasteiger charge is -2.15. The molecule has 0 aliphatic rings. The predicted octanol–water partition coefficient (Wildman–Crippen LogP) is 3.66. The Morgan fingerprint density at radius 1 is 1.05 bits per heavy atom. The molecule has 2 N–H and O–H groups in total. The topological polar surface area (TPSA) is 32.3 Å². The van der Waals surface area contributed by atoms with E-state index >= 15 is 0 Å². The van der Waals surface area contributed by atoms with Crippen LogP contribution < -0.4 is 5.32 Å². The van der Waals surface area contributed by atoms with Crippen molar-refractivity contribution in [1.82, 2.24) is 5.32 Å². The highest BCUT2D eigenvalue weighted by Gasteiger charge is 2.11. The van der Waals surface area contributed by atoms with Crippen LogP contribution >= 0.6 is 0 Å². The third-order valence-electron chi connectivity index (χ3n) is 3.11. The van der Waals surface area contributed by atoms with Crippen LogP contribution in [0.4, 0.5) is 13.2 Å². The van der Waals surface area contributed by atoms with E-state index < -0.39 is 23.2 Å². The zero-order valence-corrected chi connectivity index (χ0v) is 10.8. The van der Waals surface area contributed by atoms with Gasteiger partial charge in [0, 0.05) is 18.2 Å². The molecule has 106 valence electrons. The van der Waals surface area contributed by atoms with Crippen LogP contribution in [-0.4, -0.2) is 5.11 Å². The fraction of sp³-hybridized carbons (Fsp3) is 0.200. The molecular formula is C15H14F3NO. The summed E-state index contributed by atoms with van der Waals surface area (Å²) in [4.78, 5) is 0. The highest BCUT2D eigenvalue weighted by Crippen LogP contribution is 2.22. The fourth-order valence-electron chi connectivity index (χ4n) is 1.87. The van der Waals surface area contributed by atoms with E-state index in [1.807, 2.05) is 0 Å². The maximum Gasteiger partial charge on any atom is 0.165 e. The number of aromatic hydroxyl groups is 1. The van der Waals surface area contributed by atoms with Gasteiger partial charge in [0.05, 0.1) is 0 Å². The number of phenols is 1. The molecule has 0 aliphatic carbocycles. The van der Waals surface area contributed by atoms with Gasteiger partial charge in [-0.2, -0.15) is 0 Å². The number of nitrogens with one attached hydrogen (secondary N) is 1. The first kappa shape index (κ1) is 14.4. The van der Waals surface area contributed by atoms with Crippen molar-refractivity contribution in [2.24, 2.45) is 0 Å². The minimum absolute atomic E-state index is 0.212. The van der Waals surface area contributed by atoms with Gasteiger partial charge in [-0.05, 0) is 30.7 Å². The van der Waals surface area contributed by atoms with Crippen molar-refractivity contribution in [2.45, 2.75) is 19.5 Å². The molecule has 0 heterocycles. The molecule has 2 aromatic rings. The summed E-state index contributed by atoms with van der Waals surface area (Å²) in [5.74, 6) is -2.91. The summed E-state index contributed by atoms with van der Waals surface area (Å²) in [7, 11) is 0. The number of hydrogen-bond donors (Lipinski definition) is 2. The first-order valence-electron chi connectivity index (χ1n) is 6.13. The molecule has 1 unspecified atom stereocenters. The number of rotatable bonds is 4. The van der Waals surface area contributed by atoms with Crippen LogP contribution in [0.1, 0.15) is 24.1 Å². The van der Waals surface area contributed by atoms with Gasteiger partial charge < -0.3 is 10.4 Å². The van der Waals surface area contributed by atoms with Crippen molar-refractivity contribution in [2.75, 3.05) is 0 Å². The molecule has 2 aromatic carbocycles. The number of hydrogen-bond acceptors (Lipinski definition) is 2. The molecule has 0 spiro atoms. The molecule has 20 heavy (non-hydrogen) atoms. The van der Waals surface area contributed by atoms with Crippen molar-refractivity contribution in [1.29, 1.82) is 0 Å². The molecule has 0 fully saturated rings. The van der Waals surface area contributed by atoms with Crippen molar-refractivity contribution in [3.8, 4) is 5.75 Å². The van der Waals surface area contributed by atoms with Gasteiger partial charge in [-0.15, -0.1) is 0 Å². The first-order chi connectivity index (χ1) is 9.49. The zero-order valence-electron chi connectivity index (χ0n) is 10.8. The van der Waals surface area contributed by atoms with Crippen LogP contribution in [0.3, 0.4) is 0 Å². The van der Waals surface area contributed by atoms with E-state index in [1.165, 1.54) is 12.1 Å². The highest BCUT2D eigenvalue weighted by atomic mass is 19.2. The van der Waals surface area contributed by atoms with Crippen molar-refractivity contribution >= 4 is 0 Å². The summed E-state index contributed by atoms with van der Waals surface area (Å²) in [6.45, 7) is 1.98. The highest BCUT2D eigenvalue weighted by molar-refractivity contribution is 5.33. The van der Waals surface area contributed by atoms with E-state index in [2.05, 4.69) is 5.32 Å². The fourth-order valence-corrected chi connectivity index (χ4v) is 1.87. The number of para-hydroxylation sites is 1. The Labute approximate surface area is 114 Å². The predicted molar refractivity (Wildman–Crippen MR) is 69.7 cm³/mol. The third-order valence-corrected chi connectivity index (χ3v) is 3.11. The molecule has 2 rings (SSSR count). The number of benzene rings is 2. The molecule has 0 saturated heterocycles. The lowest BCUT2D eigenvalue weighted by Crippen LogP contribution is -2.18. The van der Waals surface area contributed by atoms with E-state index in [0.717, 1.165) is 18.2 Å². The Morgan fingerprint density at radius 2 is 1.80 bits per heavy atom. The van der Waals surface area contributed by atoms with Crippen molar-refractivity contribution in [3.05, 3.63) is 65.0 Å². The third kappa shape index (κ3) is 3.11. The molecule has 0 aromatic heterocycles. The van der Waals surface area contributed by atoms with E-state index in [9.17, 15) is 18.3 Å². The smallest absolute Gasteiger partial charge is 0.165 e. The average Bonchev–Trinajstić information content (AvgIpc) is 2.43. The maximum absolute atomic E-state index is 13.2. The monoisotopic (exact) mass is 281 g/mol. The Balaban J connectivity index is 2.06. The molecule has 0 aliphatic heterocycles. The van der Waals surface area contributed by atoms with Gasteiger partial charge in [0.1, 0.15) is 0 Å². The van der Waals surface area contributed by atoms with Crippen molar-refractivity contribution < 1.29 is 18.3 Å². The van der Waals surface area contributed by atoms with Crippen LogP contribution in [0.15, 0.2) is 36.4 Å². The summed E-state index contributed by atoms with van der Waals surface area (Å²) in [5.41, 5.74) is 0.972. The SMILES string of the molecule is CC(NCc1cccc(F)c1O)c1ccc(F)c(F)c1. The molecule has 0 saturated carbocycles. The number of halogens is 3. The minimum atomic E-state index is -0.912. The summed E-state index contributed by atoms with van der Waals surface area (Å²) < 4.78 is 39.1. The average molecular weight is 281 g/mol. The Bertz CT molecular complexity index is 616. The van der Waals surface area contributed by atoms with E-state index in [4.69, 9.17) is 0 Å². The first-order valence-corrected chi connectivity index (χ1v) is 6.13. The second-order valence-corrected chi connectivity index (χ2v) is 4.52. The van der Waals surface area contributed by atoms with Gasteiger partial charge >= 0.3 is 0 Å². The second-order valence-electron chi connectivity index (χ2n) is 4.52. The summed E-state index contributed by atoms with van der Waals surface area (Å²) in [6, 6.07) is 7.62. The quantitative estimate of drug-likeness (QED) is 0.896. The lowest BCUT2D eigenvalue weighted by atomic mass is 10.1. The molecule has 0 amide bonds. The van der Waals surface area contributed by atoms with Gasteiger partial charge in [-0.25, -0.2) is 13.2 Å². The Hall–Kier alpha value is -2.01. The van der Waals surface area contributed by atoms with Crippen LogP contribution in [0.2, 0.25) is 0 Å². The minimum Gasteiger partial charge on any atom is -0.505 e. The van der Waals surface area contributed by atoms with Gasteiger partial charge in [0.2, 0.25) is 0 Å². The lowest BCUT2D eigenvalue weighted by molar-refractivity contribution is 0.420. The van der Waals surface area contributed by atoms with E-state index in [0.29, 0.717) is 11.1 Å². The van der Waals surface area contributed by atoms with E-state index in [-0.39, 0.29) is 12.6 Å². The molecule has 0 radical (unpaired) electrons. The Morgan fingerprint density at radius 3 is 2.50 bits per heavy atom. The van der Waals surface area contributed by atoms with Gasteiger partial charge in [-0.1, -0.05) is 18.2 Å². The number of phenolic OH excluding ortho intramolecular Hbond substituents is 1. The molecular weight excluding hydrogens is 267 g/mol. The zero-order chi connectivity index (χ0) is 14.7.